The molecule has 0 aromatic heterocycles. The van der Waals surface area contributed by atoms with E-state index < -0.39 is 0 Å². The molecule has 0 N–H and O–H groups in total. The predicted molar refractivity (Wildman–Crippen MR) is 67.2 cm³/mol. The smallest absolute Gasteiger partial charge is 0.186 e. The SMILES string of the molecule is CC(C)(C)/C(Br)=C/C(=O)c1ccccc1. The second-order valence-corrected chi connectivity index (χ2v) is 5.33. The van der Waals surface area contributed by atoms with Crippen molar-refractivity contribution in [3.8, 4) is 0 Å². The second-order valence-electron chi connectivity index (χ2n) is 4.47. The second kappa shape index (κ2) is 4.75. The molecule has 0 radical (unpaired) electrons. The molecule has 0 saturated heterocycles. The summed E-state index contributed by atoms with van der Waals surface area (Å²) >= 11 is 3.44. The standard InChI is InChI=1S/C13H15BrO/c1-13(2,3)12(14)9-11(15)10-7-5-4-6-8-10/h4-9H,1-3H3/b12-9-. The Kier molecular flexibility index (Phi) is 3.86. The van der Waals surface area contributed by atoms with Crippen molar-refractivity contribution in [1.82, 2.24) is 0 Å². The minimum Gasteiger partial charge on any atom is -0.289 e. The third-order valence-corrected chi connectivity index (χ3v) is 3.45. The molecule has 0 fully saturated rings. The van der Waals surface area contributed by atoms with Gasteiger partial charge in [-0.15, -0.1) is 0 Å². The van der Waals surface area contributed by atoms with Crippen molar-refractivity contribution >= 4 is 21.7 Å². The van der Waals surface area contributed by atoms with E-state index in [0.29, 0.717) is 0 Å². The van der Waals surface area contributed by atoms with Crippen molar-refractivity contribution in [1.29, 1.82) is 0 Å². The summed E-state index contributed by atoms with van der Waals surface area (Å²) in [6.07, 6.45) is 1.65. The summed E-state index contributed by atoms with van der Waals surface area (Å²) in [5.74, 6) is 0.0393. The Morgan fingerprint density at radius 1 is 1.20 bits per heavy atom. The van der Waals surface area contributed by atoms with Crippen molar-refractivity contribution in [2.75, 3.05) is 0 Å². The Morgan fingerprint density at radius 2 is 1.73 bits per heavy atom. The first-order valence-electron chi connectivity index (χ1n) is 4.88. The highest BCUT2D eigenvalue weighted by Gasteiger charge is 2.15. The first-order chi connectivity index (χ1) is 6.91. The Labute approximate surface area is 99.3 Å². The van der Waals surface area contributed by atoms with Crippen LogP contribution in [0.25, 0.3) is 0 Å². The number of halogens is 1. The normalized spacial score (nSPS) is 12.7. The number of carbonyl (C=O) groups is 1. The molecule has 0 saturated carbocycles. The van der Waals surface area contributed by atoms with Gasteiger partial charge in [-0.1, -0.05) is 67.0 Å². The zero-order valence-electron chi connectivity index (χ0n) is 9.25. The summed E-state index contributed by atoms with van der Waals surface area (Å²) in [5, 5.41) is 0. The molecule has 0 aliphatic carbocycles. The highest BCUT2D eigenvalue weighted by atomic mass is 79.9. The molecule has 0 heterocycles. The third-order valence-electron chi connectivity index (χ3n) is 2.03. The number of allylic oxidation sites excluding steroid dienone is 2. The number of hydrogen-bond acceptors (Lipinski definition) is 1. The summed E-state index contributed by atoms with van der Waals surface area (Å²) in [6.45, 7) is 6.18. The van der Waals surface area contributed by atoms with Crippen molar-refractivity contribution in [3.05, 3.63) is 46.5 Å². The minimum absolute atomic E-state index is 0.0234. The van der Waals surface area contributed by atoms with Gasteiger partial charge in [-0.25, -0.2) is 0 Å². The molecule has 0 amide bonds. The molecule has 15 heavy (non-hydrogen) atoms. The van der Waals surface area contributed by atoms with Gasteiger partial charge >= 0.3 is 0 Å². The van der Waals surface area contributed by atoms with Crippen LogP contribution in [0.3, 0.4) is 0 Å². The van der Waals surface area contributed by atoms with E-state index in [1.54, 1.807) is 6.08 Å². The largest absolute Gasteiger partial charge is 0.289 e. The van der Waals surface area contributed by atoms with Gasteiger partial charge in [0.25, 0.3) is 0 Å². The lowest BCUT2D eigenvalue weighted by atomic mass is 9.95. The van der Waals surface area contributed by atoms with Crippen molar-refractivity contribution in [2.24, 2.45) is 5.41 Å². The van der Waals surface area contributed by atoms with Crippen LogP contribution in [0, 0.1) is 5.41 Å². The van der Waals surface area contributed by atoms with E-state index in [9.17, 15) is 4.79 Å². The maximum atomic E-state index is 11.8. The Bertz CT molecular complexity index is 371. The van der Waals surface area contributed by atoms with Gasteiger partial charge in [0.05, 0.1) is 0 Å². The molecule has 0 aliphatic heterocycles. The Balaban J connectivity index is 2.90. The molecule has 1 aromatic rings. The molecule has 0 atom stereocenters. The molecule has 0 unspecified atom stereocenters. The molecule has 1 aromatic carbocycles. The van der Waals surface area contributed by atoms with Crippen LogP contribution in [0.15, 0.2) is 40.9 Å². The molecule has 0 aliphatic rings. The summed E-state index contributed by atoms with van der Waals surface area (Å²) < 4.78 is 0.920. The fourth-order valence-corrected chi connectivity index (χ4v) is 1.23. The number of rotatable bonds is 2. The quantitative estimate of drug-likeness (QED) is 0.580. The van der Waals surface area contributed by atoms with Crippen LogP contribution in [-0.2, 0) is 0 Å². The van der Waals surface area contributed by atoms with E-state index in [-0.39, 0.29) is 11.2 Å². The monoisotopic (exact) mass is 266 g/mol. The lowest BCUT2D eigenvalue weighted by Crippen LogP contribution is -2.06. The Hall–Kier alpha value is -0.890. The van der Waals surface area contributed by atoms with Crippen LogP contribution >= 0.6 is 15.9 Å². The fourth-order valence-electron chi connectivity index (χ4n) is 1.02. The molecule has 80 valence electrons. The van der Waals surface area contributed by atoms with Gasteiger partial charge in [-0.05, 0) is 11.5 Å². The average molecular weight is 267 g/mol. The van der Waals surface area contributed by atoms with Crippen molar-refractivity contribution in [2.45, 2.75) is 20.8 Å². The van der Waals surface area contributed by atoms with Crippen LogP contribution < -0.4 is 0 Å². The summed E-state index contributed by atoms with van der Waals surface area (Å²) in [6, 6.07) is 9.28. The van der Waals surface area contributed by atoms with E-state index in [0.717, 1.165) is 10.0 Å². The molecule has 1 rings (SSSR count). The first-order valence-corrected chi connectivity index (χ1v) is 5.67. The van der Waals surface area contributed by atoms with E-state index >= 15 is 0 Å². The van der Waals surface area contributed by atoms with Crippen LogP contribution in [0.2, 0.25) is 0 Å². The van der Waals surface area contributed by atoms with Crippen LogP contribution in [0.5, 0.6) is 0 Å². The van der Waals surface area contributed by atoms with Gasteiger partial charge < -0.3 is 0 Å². The summed E-state index contributed by atoms with van der Waals surface area (Å²) in [7, 11) is 0. The van der Waals surface area contributed by atoms with E-state index in [1.807, 2.05) is 30.3 Å². The topological polar surface area (TPSA) is 17.1 Å². The van der Waals surface area contributed by atoms with Gasteiger partial charge in [0.2, 0.25) is 0 Å². The molecule has 2 heteroatoms. The van der Waals surface area contributed by atoms with Crippen LogP contribution in [0.4, 0.5) is 0 Å². The third kappa shape index (κ3) is 3.63. The first kappa shape index (κ1) is 12.2. The van der Waals surface area contributed by atoms with Gasteiger partial charge in [-0.3, -0.25) is 4.79 Å². The van der Waals surface area contributed by atoms with Gasteiger partial charge in [0.1, 0.15) is 0 Å². The van der Waals surface area contributed by atoms with Crippen LogP contribution in [-0.4, -0.2) is 5.78 Å². The van der Waals surface area contributed by atoms with Gasteiger partial charge in [0, 0.05) is 10.0 Å². The summed E-state index contributed by atoms with van der Waals surface area (Å²) in [4.78, 5) is 11.8. The lowest BCUT2D eigenvalue weighted by molar-refractivity contribution is 0.104. The van der Waals surface area contributed by atoms with Gasteiger partial charge in [0.15, 0.2) is 5.78 Å². The van der Waals surface area contributed by atoms with Crippen LogP contribution in [0.1, 0.15) is 31.1 Å². The van der Waals surface area contributed by atoms with Gasteiger partial charge in [-0.2, -0.15) is 0 Å². The molecule has 1 nitrogen and oxygen atoms in total. The van der Waals surface area contributed by atoms with E-state index in [4.69, 9.17) is 0 Å². The molecular formula is C13H15BrO. The zero-order valence-corrected chi connectivity index (χ0v) is 10.8. The Morgan fingerprint density at radius 3 is 2.20 bits per heavy atom. The highest BCUT2D eigenvalue weighted by Crippen LogP contribution is 2.30. The van der Waals surface area contributed by atoms with Crippen molar-refractivity contribution < 1.29 is 4.79 Å². The average Bonchev–Trinajstić information content (AvgIpc) is 2.17. The maximum Gasteiger partial charge on any atom is 0.186 e. The predicted octanol–water partition coefficient (Wildman–Crippen LogP) is 4.19. The maximum absolute atomic E-state index is 11.8. The molecular weight excluding hydrogens is 252 g/mol. The number of hydrogen-bond donors (Lipinski definition) is 0. The number of benzene rings is 1. The lowest BCUT2D eigenvalue weighted by Gasteiger charge is -2.17. The highest BCUT2D eigenvalue weighted by molar-refractivity contribution is 9.11. The van der Waals surface area contributed by atoms with Crippen molar-refractivity contribution in [3.63, 3.8) is 0 Å². The molecule has 0 bridgehead atoms. The van der Waals surface area contributed by atoms with E-state index in [1.165, 1.54) is 0 Å². The van der Waals surface area contributed by atoms with E-state index in [2.05, 4.69) is 36.7 Å². The number of ketones is 1. The minimum atomic E-state index is -0.0234. The zero-order chi connectivity index (χ0) is 11.5. The fraction of sp³-hybridized carbons (Fsp3) is 0.308. The molecule has 0 spiro atoms. The summed E-state index contributed by atoms with van der Waals surface area (Å²) in [5.41, 5.74) is 0.698. The number of carbonyl (C=O) groups excluding carboxylic acids is 1.